The Morgan fingerprint density at radius 3 is 2.59 bits per heavy atom. The molecule has 0 amide bonds. The highest BCUT2D eigenvalue weighted by Gasteiger charge is 2.19. The topological polar surface area (TPSA) is 36.4 Å². The molecule has 1 heterocycles. The van der Waals surface area contributed by atoms with Crippen LogP contribution in [-0.2, 0) is 6.54 Å². The van der Waals surface area contributed by atoms with Gasteiger partial charge in [0.2, 0.25) is 0 Å². The van der Waals surface area contributed by atoms with Gasteiger partial charge < -0.3 is 5.11 Å². The minimum atomic E-state index is -0.264. The Hall–Kier alpha value is -0.930. The van der Waals surface area contributed by atoms with Gasteiger partial charge in [-0.25, -0.2) is 0 Å². The van der Waals surface area contributed by atoms with E-state index in [1.807, 2.05) is 32.0 Å². The number of pyridine rings is 1. The van der Waals surface area contributed by atoms with Crippen molar-refractivity contribution in [2.45, 2.75) is 52.8 Å². The molecule has 0 saturated heterocycles. The Kier molecular flexibility index (Phi) is 5.59. The molecule has 1 rings (SSSR count). The summed E-state index contributed by atoms with van der Waals surface area (Å²) in [5.74, 6) is 0. The maximum atomic E-state index is 9.90. The highest BCUT2D eigenvalue weighted by Crippen LogP contribution is 2.11. The predicted octanol–water partition coefficient (Wildman–Crippen LogP) is 2.37. The van der Waals surface area contributed by atoms with Crippen LogP contribution in [0.5, 0.6) is 0 Å². The number of nitrogens with zero attached hydrogens (tertiary/aromatic N) is 2. The number of likely N-dealkylation sites (N-methyl/N-ethyl adjacent to an activating group) is 1. The molecule has 0 spiro atoms. The van der Waals surface area contributed by atoms with Gasteiger partial charge in [0.1, 0.15) is 0 Å². The zero-order chi connectivity index (χ0) is 12.8. The molecule has 17 heavy (non-hydrogen) atoms. The van der Waals surface area contributed by atoms with Gasteiger partial charge >= 0.3 is 0 Å². The summed E-state index contributed by atoms with van der Waals surface area (Å²) in [5.41, 5.74) is 2.12. The summed E-state index contributed by atoms with van der Waals surface area (Å²) in [4.78, 5) is 6.77. The SMILES string of the molecule is CCC(O)C(C)N(CC)Cc1cccc(C)n1. The Labute approximate surface area is 104 Å². The summed E-state index contributed by atoms with van der Waals surface area (Å²) in [6.45, 7) is 9.94. The Morgan fingerprint density at radius 1 is 1.35 bits per heavy atom. The number of aryl methyl sites for hydroxylation is 1. The van der Waals surface area contributed by atoms with E-state index in [1.54, 1.807) is 0 Å². The summed E-state index contributed by atoms with van der Waals surface area (Å²) >= 11 is 0. The van der Waals surface area contributed by atoms with Gasteiger partial charge in [0, 0.05) is 18.3 Å². The smallest absolute Gasteiger partial charge is 0.0690 e. The molecule has 1 N–H and O–H groups in total. The summed E-state index contributed by atoms with van der Waals surface area (Å²) < 4.78 is 0. The number of aromatic nitrogens is 1. The van der Waals surface area contributed by atoms with Gasteiger partial charge in [-0.2, -0.15) is 0 Å². The molecule has 0 aromatic carbocycles. The van der Waals surface area contributed by atoms with E-state index in [9.17, 15) is 5.11 Å². The van der Waals surface area contributed by atoms with Gasteiger partial charge in [0.25, 0.3) is 0 Å². The van der Waals surface area contributed by atoms with Crippen LogP contribution in [0.25, 0.3) is 0 Å². The van der Waals surface area contributed by atoms with Crippen molar-refractivity contribution >= 4 is 0 Å². The molecule has 1 aromatic rings. The molecule has 2 unspecified atom stereocenters. The maximum Gasteiger partial charge on any atom is 0.0690 e. The number of hydrogen-bond acceptors (Lipinski definition) is 3. The molecule has 1 aromatic heterocycles. The van der Waals surface area contributed by atoms with Gasteiger partial charge in [-0.05, 0) is 38.9 Å². The highest BCUT2D eigenvalue weighted by molar-refractivity contribution is 5.09. The average Bonchev–Trinajstić information content (AvgIpc) is 2.34. The summed E-state index contributed by atoms with van der Waals surface area (Å²) in [6.07, 6.45) is 0.526. The van der Waals surface area contributed by atoms with E-state index in [1.165, 1.54) is 0 Å². The van der Waals surface area contributed by atoms with E-state index < -0.39 is 0 Å². The van der Waals surface area contributed by atoms with Crippen LogP contribution in [0.2, 0.25) is 0 Å². The summed E-state index contributed by atoms with van der Waals surface area (Å²) in [6, 6.07) is 6.25. The molecule has 2 atom stereocenters. The van der Waals surface area contributed by atoms with Crippen LogP contribution >= 0.6 is 0 Å². The summed E-state index contributed by atoms with van der Waals surface area (Å²) in [7, 11) is 0. The molecular formula is C14H24N2O. The molecular weight excluding hydrogens is 212 g/mol. The van der Waals surface area contributed by atoms with E-state index in [4.69, 9.17) is 0 Å². The summed E-state index contributed by atoms with van der Waals surface area (Å²) in [5, 5.41) is 9.90. The van der Waals surface area contributed by atoms with Crippen LogP contribution in [-0.4, -0.2) is 33.7 Å². The number of hydrogen-bond donors (Lipinski definition) is 1. The second kappa shape index (κ2) is 6.72. The van der Waals surface area contributed by atoms with Crippen molar-refractivity contribution in [1.29, 1.82) is 0 Å². The van der Waals surface area contributed by atoms with Gasteiger partial charge in [0.15, 0.2) is 0 Å². The first-order chi connectivity index (χ1) is 8.08. The lowest BCUT2D eigenvalue weighted by Gasteiger charge is -2.30. The molecule has 3 heteroatoms. The minimum Gasteiger partial charge on any atom is -0.392 e. The van der Waals surface area contributed by atoms with E-state index in [0.717, 1.165) is 30.9 Å². The molecule has 0 radical (unpaired) electrons. The number of rotatable bonds is 6. The van der Waals surface area contributed by atoms with Crippen molar-refractivity contribution in [2.75, 3.05) is 6.54 Å². The van der Waals surface area contributed by atoms with Crippen molar-refractivity contribution in [2.24, 2.45) is 0 Å². The van der Waals surface area contributed by atoms with Crippen molar-refractivity contribution in [1.82, 2.24) is 9.88 Å². The highest BCUT2D eigenvalue weighted by atomic mass is 16.3. The molecule has 96 valence electrons. The minimum absolute atomic E-state index is 0.173. The van der Waals surface area contributed by atoms with E-state index in [-0.39, 0.29) is 12.1 Å². The van der Waals surface area contributed by atoms with E-state index in [0.29, 0.717) is 0 Å². The third-order valence-electron chi connectivity index (χ3n) is 3.27. The normalized spacial score (nSPS) is 14.9. The molecule has 0 aliphatic heterocycles. The molecule has 0 bridgehead atoms. The fourth-order valence-corrected chi connectivity index (χ4v) is 2.02. The van der Waals surface area contributed by atoms with Crippen molar-refractivity contribution in [3.63, 3.8) is 0 Å². The van der Waals surface area contributed by atoms with E-state index in [2.05, 4.69) is 23.7 Å². The van der Waals surface area contributed by atoms with Crippen LogP contribution in [0, 0.1) is 6.92 Å². The van der Waals surface area contributed by atoms with Gasteiger partial charge in [-0.15, -0.1) is 0 Å². The van der Waals surface area contributed by atoms with Crippen molar-refractivity contribution < 1.29 is 5.11 Å². The first-order valence-corrected chi connectivity index (χ1v) is 6.43. The molecule has 3 nitrogen and oxygen atoms in total. The van der Waals surface area contributed by atoms with E-state index >= 15 is 0 Å². The predicted molar refractivity (Wildman–Crippen MR) is 70.8 cm³/mol. The second-order valence-electron chi connectivity index (χ2n) is 4.55. The van der Waals surface area contributed by atoms with Crippen molar-refractivity contribution in [3.05, 3.63) is 29.6 Å². The van der Waals surface area contributed by atoms with Crippen LogP contribution in [0.3, 0.4) is 0 Å². The number of aliphatic hydroxyl groups excluding tert-OH is 1. The monoisotopic (exact) mass is 236 g/mol. The molecule has 0 aliphatic carbocycles. The second-order valence-corrected chi connectivity index (χ2v) is 4.55. The first-order valence-electron chi connectivity index (χ1n) is 6.43. The molecule has 0 aliphatic rings. The van der Waals surface area contributed by atoms with Crippen LogP contribution < -0.4 is 0 Å². The average molecular weight is 236 g/mol. The maximum absolute atomic E-state index is 9.90. The Balaban J connectivity index is 2.69. The largest absolute Gasteiger partial charge is 0.392 e. The van der Waals surface area contributed by atoms with Gasteiger partial charge in [0.05, 0.1) is 11.8 Å². The lowest BCUT2D eigenvalue weighted by atomic mass is 10.1. The lowest BCUT2D eigenvalue weighted by molar-refractivity contribution is 0.0539. The molecule has 0 saturated carbocycles. The van der Waals surface area contributed by atoms with Gasteiger partial charge in [-0.3, -0.25) is 9.88 Å². The fraction of sp³-hybridized carbons (Fsp3) is 0.643. The van der Waals surface area contributed by atoms with Crippen LogP contribution in [0.1, 0.15) is 38.6 Å². The first kappa shape index (κ1) is 14.1. The zero-order valence-electron chi connectivity index (χ0n) is 11.3. The third kappa shape index (κ3) is 4.10. The fourth-order valence-electron chi connectivity index (χ4n) is 2.02. The number of aliphatic hydroxyl groups is 1. The van der Waals surface area contributed by atoms with Gasteiger partial charge in [-0.1, -0.05) is 19.9 Å². The standard InChI is InChI=1S/C14H24N2O/c1-5-14(17)12(4)16(6-2)10-13-9-7-8-11(3)15-13/h7-9,12,14,17H,5-6,10H2,1-4H3. The molecule has 0 fully saturated rings. The zero-order valence-corrected chi connectivity index (χ0v) is 11.3. The van der Waals surface area contributed by atoms with Crippen molar-refractivity contribution in [3.8, 4) is 0 Å². The van der Waals surface area contributed by atoms with Crippen LogP contribution in [0.15, 0.2) is 18.2 Å². The quantitative estimate of drug-likeness (QED) is 0.824. The lowest BCUT2D eigenvalue weighted by Crippen LogP contribution is -2.40. The third-order valence-corrected chi connectivity index (χ3v) is 3.27. The Bertz CT molecular complexity index is 341. The Morgan fingerprint density at radius 2 is 2.06 bits per heavy atom. The van der Waals surface area contributed by atoms with Crippen LogP contribution in [0.4, 0.5) is 0 Å².